The van der Waals surface area contributed by atoms with E-state index in [0.717, 1.165) is 30.0 Å². The Kier molecular flexibility index (Phi) is 3.51. The zero-order chi connectivity index (χ0) is 15.0. The lowest BCUT2D eigenvalue weighted by atomic mass is 10.1. The van der Waals surface area contributed by atoms with Crippen LogP contribution in [0.3, 0.4) is 0 Å². The first-order chi connectivity index (χ1) is 10.0. The average Bonchev–Trinajstić information content (AvgIpc) is 2.80. The van der Waals surface area contributed by atoms with Crippen molar-refractivity contribution >= 4 is 23.0 Å². The number of nitro benzene ring substituents is 1. The van der Waals surface area contributed by atoms with Crippen LogP contribution in [-0.2, 0) is 6.42 Å². The Morgan fingerprint density at radius 2 is 2.10 bits per heavy atom. The van der Waals surface area contributed by atoms with Crippen molar-refractivity contribution in [2.45, 2.75) is 18.9 Å². The minimum absolute atomic E-state index is 0.0127. The molecule has 1 aliphatic rings. The predicted molar refractivity (Wildman–Crippen MR) is 79.2 cm³/mol. The van der Waals surface area contributed by atoms with Crippen molar-refractivity contribution in [2.75, 3.05) is 5.32 Å². The molecule has 108 valence electrons. The van der Waals surface area contributed by atoms with Crippen LogP contribution in [0.15, 0.2) is 36.4 Å². The number of nitro groups is 1. The Morgan fingerprint density at radius 1 is 1.29 bits per heavy atom. The molecule has 0 fully saturated rings. The van der Waals surface area contributed by atoms with E-state index in [4.69, 9.17) is 11.6 Å². The van der Waals surface area contributed by atoms with Crippen molar-refractivity contribution in [2.24, 2.45) is 0 Å². The van der Waals surface area contributed by atoms with Gasteiger partial charge >= 0.3 is 0 Å². The normalized spacial score (nSPS) is 16.6. The van der Waals surface area contributed by atoms with E-state index >= 15 is 0 Å². The summed E-state index contributed by atoms with van der Waals surface area (Å²) >= 11 is 5.96. The van der Waals surface area contributed by atoms with Crippen LogP contribution in [-0.4, -0.2) is 4.92 Å². The largest absolute Gasteiger partial charge is 0.378 e. The van der Waals surface area contributed by atoms with Crippen molar-refractivity contribution in [3.63, 3.8) is 0 Å². The van der Waals surface area contributed by atoms with Gasteiger partial charge in [-0.3, -0.25) is 10.1 Å². The summed E-state index contributed by atoms with van der Waals surface area (Å²) in [4.78, 5) is 10.2. The van der Waals surface area contributed by atoms with Crippen molar-refractivity contribution < 1.29 is 9.31 Å². The maximum atomic E-state index is 13.4. The van der Waals surface area contributed by atoms with E-state index in [1.165, 1.54) is 12.1 Å². The maximum Gasteiger partial charge on any atom is 0.274 e. The smallest absolute Gasteiger partial charge is 0.274 e. The van der Waals surface area contributed by atoms with Crippen LogP contribution in [0.1, 0.15) is 23.6 Å². The van der Waals surface area contributed by atoms with Gasteiger partial charge < -0.3 is 5.32 Å². The fourth-order valence-electron chi connectivity index (χ4n) is 2.70. The Balaban J connectivity index is 1.88. The molecule has 0 saturated carbocycles. The number of non-ortho nitro benzene ring substituents is 1. The van der Waals surface area contributed by atoms with Gasteiger partial charge in [-0.2, -0.15) is 0 Å². The standard InChI is InChI=1S/C15H12ClFN2O2/c16-10-2-3-14-9(5-10)1-4-15(14)18-12-6-11(17)7-13(8-12)19(20)21/h2-3,5-8,15,18H,1,4H2. The molecule has 2 aromatic rings. The zero-order valence-corrected chi connectivity index (χ0v) is 11.7. The highest BCUT2D eigenvalue weighted by atomic mass is 35.5. The Hall–Kier alpha value is -2.14. The Bertz CT molecular complexity index is 721. The van der Waals surface area contributed by atoms with Crippen LogP contribution in [0.5, 0.6) is 0 Å². The number of benzene rings is 2. The van der Waals surface area contributed by atoms with Gasteiger partial charge in [-0.05, 0) is 42.2 Å². The number of nitrogens with zero attached hydrogens (tertiary/aromatic N) is 1. The highest BCUT2D eigenvalue weighted by Gasteiger charge is 2.23. The molecule has 3 rings (SSSR count). The number of halogens is 2. The van der Waals surface area contributed by atoms with Crippen LogP contribution in [0.25, 0.3) is 0 Å². The molecule has 0 aromatic heterocycles. The van der Waals surface area contributed by atoms with E-state index in [9.17, 15) is 14.5 Å². The predicted octanol–water partition coefficient (Wildman–Crippen LogP) is 4.49. The lowest BCUT2D eigenvalue weighted by Gasteiger charge is -2.15. The minimum Gasteiger partial charge on any atom is -0.378 e. The molecule has 21 heavy (non-hydrogen) atoms. The van der Waals surface area contributed by atoms with Crippen LogP contribution in [0, 0.1) is 15.9 Å². The summed E-state index contributed by atoms with van der Waals surface area (Å²) in [7, 11) is 0. The van der Waals surface area contributed by atoms with Gasteiger partial charge in [-0.1, -0.05) is 17.7 Å². The summed E-state index contributed by atoms with van der Waals surface area (Å²) in [6.07, 6.45) is 1.73. The molecular formula is C15H12ClFN2O2. The summed E-state index contributed by atoms with van der Waals surface area (Å²) in [5, 5.41) is 14.6. The van der Waals surface area contributed by atoms with Crippen molar-refractivity contribution in [1.82, 2.24) is 0 Å². The fourth-order valence-corrected chi connectivity index (χ4v) is 2.89. The van der Waals surface area contributed by atoms with Crippen molar-refractivity contribution in [3.05, 3.63) is 68.5 Å². The molecule has 1 atom stereocenters. The highest BCUT2D eigenvalue weighted by Crippen LogP contribution is 2.36. The number of anilines is 1. The van der Waals surface area contributed by atoms with Gasteiger partial charge in [-0.25, -0.2) is 4.39 Å². The number of fused-ring (bicyclic) bond motifs is 1. The lowest BCUT2D eigenvalue weighted by molar-refractivity contribution is -0.385. The van der Waals surface area contributed by atoms with Crippen LogP contribution >= 0.6 is 11.6 Å². The summed E-state index contributed by atoms with van der Waals surface area (Å²) in [5.74, 6) is -0.624. The summed E-state index contributed by atoms with van der Waals surface area (Å²) in [5.41, 5.74) is 2.42. The van der Waals surface area contributed by atoms with Gasteiger partial charge in [0.05, 0.1) is 17.0 Å². The molecule has 0 spiro atoms. The first kappa shape index (κ1) is 13.8. The van der Waals surface area contributed by atoms with Gasteiger partial charge in [0.2, 0.25) is 0 Å². The first-order valence-corrected chi connectivity index (χ1v) is 6.90. The fraction of sp³-hybridized carbons (Fsp3) is 0.200. The molecule has 2 aromatic carbocycles. The maximum absolute atomic E-state index is 13.4. The van der Waals surface area contributed by atoms with Gasteiger partial charge in [0, 0.05) is 16.8 Å². The number of hydrogen-bond donors (Lipinski definition) is 1. The molecule has 6 heteroatoms. The SMILES string of the molecule is O=[N+]([O-])c1cc(F)cc(NC2CCc3cc(Cl)ccc32)c1. The van der Waals surface area contributed by atoms with E-state index in [2.05, 4.69) is 5.32 Å². The topological polar surface area (TPSA) is 55.2 Å². The molecule has 0 heterocycles. The molecular weight excluding hydrogens is 295 g/mol. The highest BCUT2D eigenvalue weighted by molar-refractivity contribution is 6.30. The third-order valence-electron chi connectivity index (χ3n) is 3.62. The second-order valence-corrected chi connectivity index (χ2v) is 5.47. The van der Waals surface area contributed by atoms with E-state index < -0.39 is 10.7 Å². The zero-order valence-electron chi connectivity index (χ0n) is 11.0. The molecule has 1 N–H and O–H groups in total. The molecule has 4 nitrogen and oxygen atoms in total. The number of rotatable bonds is 3. The van der Waals surface area contributed by atoms with Gasteiger partial charge in [0.15, 0.2) is 0 Å². The monoisotopic (exact) mass is 306 g/mol. The van der Waals surface area contributed by atoms with E-state index in [-0.39, 0.29) is 11.7 Å². The second-order valence-electron chi connectivity index (χ2n) is 5.03. The van der Waals surface area contributed by atoms with Crippen LogP contribution < -0.4 is 5.32 Å². The summed E-state index contributed by atoms with van der Waals surface area (Å²) < 4.78 is 13.4. The Labute approximate surface area is 125 Å². The number of aryl methyl sites for hydroxylation is 1. The number of nitrogens with one attached hydrogen (secondary N) is 1. The van der Waals surface area contributed by atoms with Crippen molar-refractivity contribution in [1.29, 1.82) is 0 Å². The molecule has 0 radical (unpaired) electrons. The van der Waals surface area contributed by atoms with Crippen LogP contribution in [0.4, 0.5) is 15.8 Å². The quantitative estimate of drug-likeness (QED) is 0.671. The van der Waals surface area contributed by atoms with E-state index in [1.807, 2.05) is 18.2 Å². The van der Waals surface area contributed by atoms with E-state index in [0.29, 0.717) is 10.7 Å². The number of hydrogen-bond acceptors (Lipinski definition) is 3. The Morgan fingerprint density at radius 3 is 2.86 bits per heavy atom. The van der Waals surface area contributed by atoms with Crippen LogP contribution in [0.2, 0.25) is 5.02 Å². The lowest BCUT2D eigenvalue weighted by Crippen LogP contribution is -2.07. The molecule has 0 aliphatic heterocycles. The molecule has 0 bridgehead atoms. The second kappa shape index (κ2) is 5.33. The van der Waals surface area contributed by atoms with Gasteiger partial charge in [-0.15, -0.1) is 0 Å². The molecule has 0 saturated heterocycles. The molecule has 1 unspecified atom stereocenters. The average molecular weight is 307 g/mol. The minimum atomic E-state index is -0.624. The summed E-state index contributed by atoms with van der Waals surface area (Å²) in [6, 6.07) is 9.21. The molecule has 0 amide bonds. The van der Waals surface area contributed by atoms with Gasteiger partial charge in [0.25, 0.3) is 5.69 Å². The van der Waals surface area contributed by atoms with Crippen molar-refractivity contribution in [3.8, 4) is 0 Å². The first-order valence-electron chi connectivity index (χ1n) is 6.53. The third-order valence-corrected chi connectivity index (χ3v) is 3.85. The third kappa shape index (κ3) is 2.83. The van der Waals surface area contributed by atoms with E-state index in [1.54, 1.807) is 0 Å². The van der Waals surface area contributed by atoms with Gasteiger partial charge in [0.1, 0.15) is 5.82 Å². The molecule has 1 aliphatic carbocycles. The summed E-state index contributed by atoms with van der Waals surface area (Å²) in [6.45, 7) is 0.